The van der Waals surface area contributed by atoms with E-state index in [0.29, 0.717) is 5.15 Å². The zero-order valence-electron chi connectivity index (χ0n) is 7.34. The van der Waals surface area contributed by atoms with Crippen LogP contribution in [-0.4, -0.2) is 23.6 Å². The number of nitrogens with zero attached hydrogens (tertiary/aromatic N) is 3. The predicted octanol–water partition coefficient (Wildman–Crippen LogP) is 1.55. The molecule has 0 spiro atoms. The van der Waals surface area contributed by atoms with Crippen molar-refractivity contribution in [2.24, 2.45) is 0 Å². The standard InChI is InChI=1S/C8H12ClN3/c1-11(2)8-7(9)10-6-4-3-5-12(6)8/h3-5H2,1-2H3. The minimum absolute atomic E-state index is 0.634. The largest absolute Gasteiger partial charge is 0.362 e. The summed E-state index contributed by atoms with van der Waals surface area (Å²) in [5, 5.41) is 0.634. The van der Waals surface area contributed by atoms with Crippen molar-refractivity contribution in [3.05, 3.63) is 11.0 Å². The molecular weight excluding hydrogens is 174 g/mol. The van der Waals surface area contributed by atoms with Crippen molar-refractivity contribution >= 4 is 17.4 Å². The van der Waals surface area contributed by atoms with Gasteiger partial charge in [-0.2, -0.15) is 0 Å². The molecule has 0 fully saturated rings. The first kappa shape index (κ1) is 7.92. The Kier molecular flexibility index (Phi) is 1.76. The van der Waals surface area contributed by atoms with E-state index in [2.05, 4.69) is 9.55 Å². The third-order valence-electron chi connectivity index (χ3n) is 2.18. The molecule has 1 aromatic heterocycles. The number of fused-ring (bicyclic) bond motifs is 1. The van der Waals surface area contributed by atoms with Gasteiger partial charge in [-0.05, 0) is 6.42 Å². The summed E-state index contributed by atoms with van der Waals surface area (Å²) in [4.78, 5) is 6.32. The zero-order chi connectivity index (χ0) is 8.72. The van der Waals surface area contributed by atoms with Crippen LogP contribution in [0.15, 0.2) is 0 Å². The van der Waals surface area contributed by atoms with Crippen molar-refractivity contribution in [2.75, 3.05) is 19.0 Å². The number of halogens is 1. The van der Waals surface area contributed by atoms with E-state index in [1.807, 2.05) is 19.0 Å². The van der Waals surface area contributed by atoms with Crippen molar-refractivity contribution in [1.82, 2.24) is 9.55 Å². The molecule has 12 heavy (non-hydrogen) atoms. The molecule has 1 aliphatic rings. The second kappa shape index (κ2) is 2.66. The van der Waals surface area contributed by atoms with Gasteiger partial charge in [0.1, 0.15) is 11.6 Å². The highest BCUT2D eigenvalue weighted by molar-refractivity contribution is 6.31. The van der Waals surface area contributed by atoms with Gasteiger partial charge in [-0.15, -0.1) is 0 Å². The predicted molar refractivity (Wildman–Crippen MR) is 49.9 cm³/mol. The minimum atomic E-state index is 0.634. The van der Waals surface area contributed by atoms with Crippen LogP contribution in [0.5, 0.6) is 0 Å². The van der Waals surface area contributed by atoms with Crippen molar-refractivity contribution in [3.63, 3.8) is 0 Å². The highest BCUT2D eigenvalue weighted by Gasteiger charge is 2.20. The normalized spacial score (nSPS) is 14.9. The van der Waals surface area contributed by atoms with Gasteiger partial charge in [-0.25, -0.2) is 4.98 Å². The van der Waals surface area contributed by atoms with E-state index in [-0.39, 0.29) is 0 Å². The highest BCUT2D eigenvalue weighted by Crippen LogP contribution is 2.29. The Labute approximate surface area is 77.0 Å². The molecule has 0 unspecified atom stereocenters. The van der Waals surface area contributed by atoms with Crippen LogP contribution in [0.2, 0.25) is 5.15 Å². The van der Waals surface area contributed by atoms with Gasteiger partial charge >= 0.3 is 0 Å². The summed E-state index contributed by atoms with van der Waals surface area (Å²) in [6.07, 6.45) is 2.26. The highest BCUT2D eigenvalue weighted by atomic mass is 35.5. The molecule has 3 nitrogen and oxygen atoms in total. The van der Waals surface area contributed by atoms with Crippen LogP contribution < -0.4 is 4.90 Å². The maximum Gasteiger partial charge on any atom is 0.171 e. The van der Waals surface area contributed by atoms with E-state index in [1.165, 1.54) is 6.42 Å². The molecule has 4 heteroatoms. The Balaban J connectivity index is 2.52. The molecule has 1 aromatic rings. The SMILES string of the molecule is CN(C)c1c(Cl)nc2n1CCC2. The number of aryl methyl sites for hydroxylation is 1. The van der Waals surface area contributed by atoms with Crippen LogP contribution >= 0.6 is 11.6 Å². The molecular formula is C8H12ClN3. The van der Waals surface area contributed by atoms with Gasteiger partial charge in [0.2, 0.25) is 0 Å². The molecule has 2 heterocycles. The fourth-order valence-electron chi connectivity index (χ4n) is 1.70. The van der Waals surface area contributed by atoms with Gasteiger partial charge in [-0.3, -0.25) is 0 Å². The average Bonchev–Trinajstić information content (AvgIpc) is 2.44. The van der Waals surface area contributed by atoms with E-state index in [1.54, 1.807) is 0 Å². The van der Waals surface area contributed by atoms with Gasteiger partial charge in [0.25, 0.3) is 0 Å². The molecule has 1 aliphatic heterocycles. The van der Waals surface area contributed by atoms with Gasteiger partial charge in [0.15, 0.2) is 5.15 Å². The first-order valence-electron chi connectivity index (χ1n) is 4.12. The average molecular weight is 186 g/mol. The summed E-state index contributed by atoms with van der Waals surface area (Å²) < 4.78 is 2.20. The van der Waals surface area contributed by atoms with Gasteiger partial charge in [-0.1, -0.05) is 11.6 Å². The van der Waals surface area contributed by atoms with Crippen LogP contribution in [0.3, 0.4) is 0 Å². The summed E-state index contributed by atoms with van der Waals surface area (Å²) in [5.74, 6) is 2.17. The second-order valence-electron chi connectivity index (χ2n) is 3.29. The molecule has 0 atom stereocenters. The van der Waals surface area contributed by atoms with Crippen molar-refractivity contribution in [1.29, 1.82) is 0 Å². The Morgan fingerprint density at radius 1 is 1.50 bits per heavy atom. The zero-order valence-corrected chi connectivity index (χ0v) is 8.10. The number of aromatic nitrogens is 2. The smallest absolute Gasteiger partial charge is 0.171 e. The van der Waals surface area contributed by atoms with E-state index in [0.717, 1.165) is 24.6 Å². The molecule has 2 rings (SSSR count). The van der Waals surface area contributed by atoms with E-state index in [9.17, 15) is 0 Å². The van der Waals surface area contributed by atoms with Crippen molar-refractivity contribution in [3.8, 4) is 0 Å². The molecule has 0 radical (unpaired) electrons. The summed E-state index contributed by atoms with van der Waals surface area (Å²) >= 11 is 5.98. The van der Waals surface area contributed by atoms with Gasteiger partial charge in [0.05, 0.1) is 0 Å². The molecule has 0 saturated carbocycles. The molecule has 0 N–H and O–H groups in total. The van der Waals surface area contributed by atoms with E-state index < -0.39 is 0 Å². The molecule has 66 valence electrons. The quantitative estimate of drug-likeness (QED) is 0.662. The number of hydrogen-bond donors (Lipinski definition) is 0. The van der Waals surface area contributed by atoms with Crippen LogP contribution in [0, 0.1) is 0 Å². The third kappa shape index (κ3) is 1.00. The maximum atomic E-state index is 5.98. The Morgan fingerprint density at radius 2 is 2.25 bits per heavy atom. The number of imidazole rings is 1. The Bertz CT molecular complexity index is 303. The Morgan fingerprint density at radius 3 is 2.92 bits per heavy atom. The van der Waals surface area contributed by atoms with E-state index in [4.69, 9.17) is 11.6 Å². The fourth-order valence-corrected chi connectivity index (χ4v) is 2.07. The number of anilines is 1. The molecule has 0 aromatic carbocycles. The lowest BCUT2D eigenvalue weighted by atomic mass is 10.4. The van der Waals surface area contributed by atoms with Crippen LogP contribution in [0.4, 0.5) is 5.82 Å². The monoisotopic (exact) mass is 185 g/mol. The number of rotatable bonds is 1. The summed E-state index contributed by atoms with van der Waals surface area (Å²) in [7, 11) is 3.99. The first-order valence-corrected chi connectivity index (χ1v) is 4.50. The molecule has 0 saturated heterocycles. The molecule has 0 amide bonds. The molecule has 0 bridgehead atoms. The molecule has 0 aliphatic carbocycles. The second-order valence-corrected chi connectivity index (χ2v) is 3.65. The first-order chi connectivity index (χ1) is 5.70. The van der Waals surface area contributed by atoms with Crippen LogP contribution in [-0.2, 0) is 13.0 Å². The maximum absolute atomic E-state index is 5.98. The summed E-state index contributed by atoms with van der Waals surface area (Å²) in [6.45, 7) is 1.06. The lowest BCUT2D eigenvalue weighted by Crippen LogP contribution is -2.13. The topological polar surface area (TPSA) is 21.1 Å². The summed E-state index contributed by atoms with van der Waals surface area (Å²) in [5.41, 5.74) is 0. The van der Waals surface area contributed by atoms with Crippen LogP contribution in [0.1, 0.15) is 12.2 Å². The van der Waals surface area contributed by atoms with Crippen molar-refractivity contribution in [2.45, 2.75) is 19.4 Å². The summed E-state index contributed by atoms with van der Waals surface area (Å²) in [6, 6.07) is 0. The van der Waals surface area contributed by atoms with Crippen LogP contribution in [0.25, 0.3) is 0 Å². The lowest BCUT2D eigenvalue weighted by Gasteiger charge is -2.13. The van der Waals surface area contributed by atoms with Gasteiger partial charge < -0.3 is 9.47 Å². The van der Waals surface area contributed by atoms with Gasteiger partial charge in [0, 0.05) is 27.1 Å². The number of hydrogen-bond acceptors (Lipinski definition) is 2. The fraction of sp³-hybridized carbons (Fsp3) is 0.625. The lowest BCUT2D eigenvalue weighted by molar-refractivity contribution is 0.741. The van der Waals surface area contributed by atoms with Crippen molar-refractivity contribution < 1.29 is 0 Å². The third-order valence-corrected chi connectivity index (χ3v) is 2.44. The Hall–Kier alpha value is -0.700. The minimum Gasteiger partial charge on any atom is -0.362 e. The van der Waals surface area contributed by atoms with E-state index >= 15 is 0 Å².